The highest BCUT2D eigenvalue weighted by atomic mass is 32.2. The molecule has 8 heteroatoms. The Balaban J connectivity index is 1.39. The van der Waals surface area contributed by atoms with Crippen LogP contribution in [0.1, 0.15) is 27.0 Å². The number of amides is 1. The molecule has 2 heterocycles. The van der Waals surface area contributed by atoms with E-state index < -0.39 is 5.97 Å². The molecule has 37 heavy (non-hydrogen) atoms. The number of aryl methyl sites for hydroxylation is 2. The highest BCUT2D eigenvalue weighted by Gasteiger charge is 2.33. The number of hydrogen-bond donors (Lipinski definition) is 1. The molecule has 1 saturated heterocycles. The molecule has 4 aromatic rings. The molecule has 1 fully saturated rings. The number of carbonyl (C=O) groups is 2. The summed E-state index contributed by atoms with van der Waals surface area (Å²) in [6, 6.07) is 20.3. The third-order valence-corrected chi connectivity index (χ3v) is 7.63. The van der Waals surface area contributed by atoms with Gasteiger partial charge >= 0.3 is 5.97 Å². The molecule has 0 radical (unpaired) electrons. The van der Waals surface area contributed by atoms with E-state index >= 15 is 0 Å². The highest BCUT2D eigenvalue weighted by molar-refractivity contribution is 8.27. The first kappa shape index (κ1) is 24.8. The van der Waals surface area contributed by atoms with Gasteiger partial charge in [0.2, 0.25) is 0 Å². The summed E-state index contributed by atoms with van der Waals surface area (Å²) in [5, 5.41) is 10.3. The summed E-state index contributed by atoms with van der Waals surface area (Å²) >= 11 is 6.69. The summed E-state index contributed by atoms with van der Waals surface area (Å²) in [6.07, 6.45) is 3.87. The number of carbonyl (C=O) groups excluding carboxylic acids is 1. The lowest BCUT2D eigenvalue weighted by molar-refractivity contribution is -0.113. The zero-order chi connectivity index (χ0) is 26.1. The predicted molar refractivity (Wildman–Crippen MR) is 152 cm³/mol. The zero-order valence-electron chi connectivity index (χ0n) is 20.3. The quantitative estimate of drug-likeness (QED) is 0.220. The van der Waals surface area contributed by atoms with Crippen molar-refractivity contribution < 1.29 is 19.4 Å². The van der Waals surface area contributed by atoms with Gasteiger partial charge in [-0.05, 0) is 67.4 Å². The Bertz CT molecular complexity index is 1590. The monoisotopic (exact) mass is 528 g/mol. The molecule has 0 saturated carbocycles. The summed E-state index contributed by atoms with van der Waals surface area (Å²) in [4.78, 5) is 26.6. The third kappa shape index (κ3) is 5.03. The normalized spacial score (nSPS) is 14.6. The number of nitrogens with zero attached hydrogens (tertiary/aromatic N) is 2. The molecule has 0 aliphatic carbocycles. The number of aromatic carboxylic acids is 1. The van der Waals surface area contributed by atoms with Gasteiger partial charge in [-0.15, -0.1) is 0 Å². The van der Waals surface area contributed by atoms with Gasteiger partial charge in [-0.3, -0.25) is 9.69 Å². The first-order valence-electron chi connectivity index (χ1n) is 11.7. The smallest absolute Gasteiger partial charge is 0.335 e. The number of carboxylic acids is 1. The summed E-state index contributed by atoms with van der Waals surface area (Å²) in [7, 11) is 0. The summed E-state index contributed by atoms with van der Waals surface area (Å²) in [5.41, 5.74) is 4.91. The van der Waals surface area contributed by atoms with E-state index in [9.17, 15) is 14.7 Å². The van der Waals surface area contributed by atoms with Gasteiger partial charge in [0, 0.05) is 22.7 Å². The summed E-state index contributed by atoms with van der Waals surface area (Å²) < 4.78 is 8.49. The van der Waals surface area contributed by atoms with Crippen molar-refractivity contribution in [1.29, 1.82) is 0 Å². The van der Waals surface area contributed by atoms with Crippen LogP contribution in [0.15, 0.2) is 77.8 Å². The van der Waals surface area contributed by atoms with Crippen LogP contribution in [-0.2, 0) is 11.3 Å². The van der Waals surface area contributed by atoms with Crippen molar-refractivity contribution in [1.82, 2.24) is 4.57 Å². The van der Waals surface area contributed by atoms with Gasteiger partial charge in [0.25, 0.3) is 5.91 Å². The Hall–Kier alpha value is -3.88. The molecule has 6 nitrogen and oxygen atoms in total. The minimum absolute atomic E-state index is 0.0987. The lowest BCUT2D eigenvalue weighted by Gasteiger charge is -2.14. The molecular formula is C29H24N2O4S2. The minimum atomic E-state index is -1.06. The Kier molecular flexibility index (Phi) is 6.86. The van der Waals surface area contributed by atoms with Crippen LogP contribution in [0.4, 0.5) is 5.69 Å². The average molecular weight is 529 g/mol. The molecule has 0 atom stereocenters. The fourth-order valence-corrected chi connectivity index (χ4v) is 5.54. The van der Waals surface area contributed by atoms with Crippen molar-refractivity contribution >= 4 is 62.8 Å². The van der Waals surface area contributed by atoms with Crippen LogP contribution in [0.25, 0.3) is 17.0 Å². The van der Waals surface area contributed by atoms with Gasteiger partial charge < -0.3 is 14.4 Å². The van der Waals surface area contributed by atoms with E-state index in [4.69, 9.17) is 17.0 Å². The maximum absolute atomic E-state index is 13.3. The van der Waals surface area contributed by atoms with Crippen molar-refractivity contribution in [2.75, 3.05) is 11.5 Å². The number of ether oxygens (including phenoxy) is 1. The van der Waals surface area contributed by atoms with Crippen molar-refractivity contribution in [3.8, 4) is 5.75 Å². The lowest BCUT2D eigenvalue weighted by Crippen LogP contribution is -2.27. The molecule has 0 spiro atoms. The number of aromatic nitrogens is 1. The second-order valence-electron chi connectivity index (χ2n) is 8.76. The first-order valence-corrected chi connectivity index (χ1v) is 12.9. The SMILES string of the molecule is Cc1ccc(OCCn2cc(/C=C3\SC(=S)N(c4cccc(C(=O)O)c4)C3=O)c3ccccc32)cc1C. The Morgan fingerprint density at radius 2 is 1.86 bits per heavy atom. The second-order valence-corrected chi connectivity index (χ2v) is 10.4. The number of para-hydroxylation sites is 1. The topological polar surface area (TPSA) is 71.8 Å². The van der Waals surface area contributed by atoms with Crippen molar-refractivity contribution in [3.05, 3.63) is 100 Å². The van der Waals surface area contributed by atoms with Crippen LogP contribution in [0.2, 0.25) is 0 Å². The molecule has 1 aliphatic rings. The Labute approximate surface area is 224 Å². The first-order chi connectivity index (χ1) is 17.8. The summed E-state index contributed by atoms with van der Waals surface area (Å²) in [5.74, 6) is -0.486. The van der Waals surface area contributed by atoms with Crippen LogP contribution in [0, 0.1) is 13.8 Å². The number of anilines is 1. The van der Waals surface area contributed by atoms with Gasteiger partial charge in [0.1, 0.15) is 12.4 Å². The number of thioether (sulfide) groups is 1. The van der Waals surface area contributed by atoms with Gasteiger partial charge in [-0.2, -0.15) is 0 Å². The molecule has 186 valence electrons. The number of fused-ring (bicyclic) bond motifs is 1. The average Bonchev–Trinajstić information content (AvgIpc) is 3.37. The number of rotatable bonds is 7. The molecule has 1 amide bonds. The van der Waals surface area contributed by atoms with E-state index in [-0.39, 0.29) is 11.5 Å². The number of carboxylic acid groups (broad SMARTS) is 1. The number of benzene rings is 3. The predicted octanol–water partition coefficient (Wildman–Crippen LogP) is 6.44. The van der Waals surface area contributed by atoms with E-state index in [1.54, 1.807) is 12.1 Å². The number of hydrogen-bond acceptors (Lipinski definition) is 5. The molecular weight excluding hydrogens is 504 g/mol. The highest BCUT2D eigenvalue weighted by Crippen LogP contribution is 2.37. The van der Waals surface area contributed by atoms with E-state index in [0.29, 0.717) is 28.1 Å². The molecule has 0 bridgehead atoms. The standard InChI is InChI=1S/C29H24N2O4S2/c1-18-10-11-23(14-19(18)2)35-13-12-30-17-21(24-8-3-4-9-25(24)30)16-26-27(32)31(29(36)37-26)22-7-5-6-20(15-22)28(33)34/h3-11,14-17H,12-13H2,1-2H3,(H,33,34)/b26-16-. The fraction of sp³-hybridized carbons (Fsp3) is 0.138. The molecule has 1 aromatic heterocycles. The van der Waals surface area contributed by atoms with Gasteiger partial charge in [-0.1, -0.05) is 54.3 Å². The molecule has 3 aromatic carbocycles. The molecule has 0 unspecified atom stereocenters. The minimum Gasteiger partial charge on any atom is -0.492 e. The fourth-order valence-electron chi connectivity index (χ4n) is 4.25. The van der Waals surface area contributed by atoms with Gasteiger partial charge in [0.05, 0.1) is 22.7 Å². The van der Waals surface area contributed by atoms with Crippen molar-refractivity contribution in [3.63, 3.8) is 0 Å². The van der Waals surface area contributed by atoms with E-state index in [2.05, 4.69) is 24.5 Å². The van der Waals surface area contributed by atoms with Crippen LogP contribution < -0.4 is 9.64 Å². The lowest BCUT2D eigenvalue weighted by atomic mass is 10.1. The van der Waals surface area contributed by atoms with Gasteiger partial charge in [0.15, 0.2) is 4.32 Å². The van der Waals surface area contributed by atoms with E-state index in [1.165, 1.54) is 39.9 Å². The van der Waals surface area contributed by atoms with E-state index in [1.807, 2.05) is 48.7 Å². The summed E-state index contributed by atoms with van der Waals surface area (Å²) in [6.45, 7) is 5.29. The largest absolute Gasteiger partial charge is 0.492 e. The van der Waals surface area contributed by atoms with E-state index in [0.717, 1.165) is 22.2 Å². The maximum atomic E-state index is 13.3. The third-order valence-electron chi connectivity index (χ3n) is 6.33. The molecule has 1 aliphatic heterocycles. The molecule has 1 N–H and O–H groups in total. The number of thiocarbonyl (C=S) groups is 1. The van der Waals surface area contributed by atoms with Gasteiger partial charge in [-0.25, -0.2) is 4.79 Å². The Morgan fingerprint density at radius 3 is 2.65 bits per heavy atom. The van der Waals surface area contributed by atoms with Crippen LogP contribution in [-0.4, -0.2) is 32.5 Å². The maximum Gasteiger partial charge on any atom is 0.335 e. The van der Waals surface area contributed by atoms with Crippen LogP contribution in [0.3, 0.4) is 0 Å². The van der Waals surface area contributed by atoms with Crippen LogP contribution in [0.5, 0.6) is 5.75 Å². The second kappa shape index (κ2) is 10.2. The van der Waals surface area contributed by atoms with Crippen molar-refractivity contribution in [2.45, 2.75) is 20.4 Å². The van der Waals surface area contributed by atoms with Crippen LogP contribution >= 0.6 is 24.0 Å². The molecule has 5 rings (SSSR count). The Morgan fingerprint density at radius 1 is 1.05 bits per heavy atom. The van der Waals surface area contributed by atoms with Crippen molar-refractivity contribution in [2.24, 2.45) is 0 Å². The zero-order valence-corrected chi connectivity index (χ0v) is 21.9.